The predicted octanol–water partition coefficient (Wildman–Crippen LogP) is 6.25. The van der Waals surface area contributed by atoms with Gasteiger partial charge in [-0.25, -0.2) is 20.9 Å². The number of para-hydroxylation sites is 1. The summed E-state index contributed by atoms with van der Waals surface area (Å²) in [5.74, 6) is 8.29. The lowest BCUT2D eigenvalue weighted by Crippen LogP contribution is -2.30. The third-order valence-electron chi connectivity index (χ3n) is 6.54. The number of rotatable bonds is 14. The van der Waals surface area contributed by atoms with Gasteiger partial charge in [-0.3, -0.25) is 14.6 Å². The summed E-state index contributed by atoms with van der Waals surface area (Å²) in [7, 11) is -9.64. The number of phosphoric acid groups is 2. The van der Waals surface area contributed by atoms with E-state index in [4.69, 9.17) is 20.8 Å². The number of carbonyl (C=O) groups excluding carboxylic acids is 1. The standard InChI is InChI=1S/C28H38N4O10P2/c1-18(2)8-5-9-19(3)10-6-11-20(4)14-15-32-23-16-21(33)17-25(39-43(35,36)37)27(23)31-26-22(28(32)34)12-7-13-24(26)40-44(38,41-29)42-30/h7-8,10,12-14,16-17,31,33H,5-6,9,11,15,29-30H2,1-4H3,(H2,35,36,37). The number of nitrogens with zero attached hydrogens (tertiary/aromatic N) is 1. The molecule has 0 bridgehead atoms. The molecule has 1 aliphatic rings. The molecule has 0 atom stereocenters. The maximum Gasteiger partial charge on any atom is 0.563 e. The SMILES string of the molecule is CC(C)=CCCC(C)=CCCC(C)=CCN1C(=O)c2cccc(OP(=O)(ON)ON)c2Nc2c(OP(=O)(O)O)cc(O)cc21. The zero-order valence-electron chi connectivity index (χ0n) is 24.9. The van der Waals surface area contributed by atoms with Crippen molar-refractivity contribution in [1.29, 1.82) is 0 Å². The second-order valence-electron chi connectivity index (χ2n) is 10.3. The molecule has 0 aliphatic carbocycles. The number of allylic oxidation sites excluding steroid dienone is 5. The summed E-state index contributed by atoms with van der Waals surface area (Å²) in [4.78, 5) is 34.3. The largest absolute Gasteiger partial charge is 0.563 e. The molecular weight excluding hydrogens is 614 g/mol. The van der Waals surface area contributed by atoms with Crippen LogP contribution in [0, 0.1) is 0 Å². The van der Waals surface area contributed by atoms with Crippen LogP contribution in [0.5, 0.6) is 17.2 Å². The van der Waals surface area contributed by atoms with Gasteiger partial charge in [-0.1, -0.05) is 41.0 Å². The number of phosphoric ester groups is 1. The molecule has 0 unspecified atom stereocenters. The van der Waals surface area contributed by atoms with Gasteiger partial charge in [0.05, 0.1) is 16.9 Å². The lowest BCUT2D eigenvalue weighted by atomic mass is 10.1. The smallest absolute Gasteiger partial charge is 0.508 e. The first-order chi connectivity index (χ1) is 20.7. The van der Waals surface area contributed by atoms with Gasteiger partial charge in [0.1, 0.15) is 11.4 Å². The first-order valence-corrected chi connectivity index (χ1v) is 16.5. The minimum atomic E-state index is -5.13. The lowest BCUT2D eigenvalue weighted by Gasteiger charge is -2.23. The van der Waals surface area contributed by atoms with E-state index in [1.165, 1.54) is 40.3 Å². The van der Waals surface area contributed by atoms with Crippen LogP contribution < -0.4 is 31.1 Å². The maximum atomic E-state index is 14.0. The highest BCUT2D eigenvalue weighted by atomic mass is 31.2. The molecule has 0 spiro atoms. The molecule has 2 aromatic carbocycles. The van der Waals surface area contributed by atoms with Crippen LogP contribution in [0.25, 0.3) is 0 Å². The van der Waals surface area contributed by atoms with Crippen LogP contribution in [-0.4, -0.2) is 27.3 Å². The van der Waals surface area contributed by atoms with Crippen molar-refractivity contribution >= 4 is 38.6 Å². The van der Waals surface area contributed by atoms with Gasteiger partial charge in [0, 0.05) is 18.7 Å². The Morgan fingerprint density at radius 1 is 0.909 bits per heavy atom. The monoisotopic (exact) mass is 652 g/mol. The topological polar surface area (TPSA) is 216 Å². The third-order valence-corrected chi connectivity index (χ3v) is 7.91. The van der Waals surface area contributed by atoms with Crippen molar-refractivity contribution in [3.8, 4) is 17.2 Å². The number of hydrogen-bond donors (Lipinski definition) is 6. The number of nitrogens with two attached hydrogens (primary N) is 2. The molecule has 14 nitrogen and oxygen atoms in total. The molecule has 2 aromatic rings. The van der Waals surface area contributed by atoms with Crippen LogP contribution in [0.1, 0.15) is 63.7 Å². The molecule has 0 radical (unpaired) electrons. The Balaban J connectivity index is 2.02. The highest BCUT2D eigenvalue weighted by molar-refractivity contribution is 7.48. The van der Waals surface area contributed by atoms with Crippen LogP contribution in [0.2, 0.25) is 0 Å². The molecule has 0 aromatic heterocycles. The summed E-state index contributed by atoms with van der Waals surface area (Å²) in [6.07, 6.45) is 9.69. The second-order valence-corrected chi connectivity index (χ2v) is 13.0. The molecule has 44 heavy (non-hydrogen) atoms. The third kappa shape index (κ3) is 9.52. The Morgan fingerprint density at radius 2 is 1.55 bits per heavy atom. The zero-order chi connectivity index (χ0) is 32.7. The number of benzene rings is 2. The average Bonchev–Trinajstić information content (AvgIpc) is 3.05. The number of phenols is 1. The van der Waals surface area contributed by atoms with E-state index in [-0.39, 0.29) is 34.9 Å². The van der Waals surface area contributed by atoms with Crippen LogP contribution >= 0.6 is 15.6 Å². The van der Waals surface area contributed by atoms with Crippen LogP contribution in [0.3, 0.4) is 0 Å². The number of carbonyl (C=O) groups is 1. The van der Waals surface area contributed by atoms with Gasteiger partial charge < -0.3 is 24.4 Å². The van der Waals surface area contributed by atoms with Gasteiger partial charge in [0.2, 0.25) is 0 Å². The fraction of sp³-hybridized carbons (Fsp3) is 0.321. The van der Waals surface area contributed by atoms with Crippen molar-refractivity contribution < 1.29 is 47.1 Å². The van der Waals surface area contributed by atoms with Gasteiger partial charge >= 0.3 is 15.6 Å². The number of anilines is 3. The van der Waals surface area contributed by atoms with Gasteiger partial charge in [0.25, 0.3) is 5.91 Å². The van der Waals surface area contributed by atoms with E-state index in [1.54, 1.807) is 0 Å². The molecule has 1 amide bonds. The quantitative estimate of drug-likeness (QED) is 0.0576. The summed E-state index contributed by atoms with van der Waals surface area (Å²) in [6, 6.07) is 6.38. The summed E-state index contributed by atoms with van der Waals surface area (Å²) in [5.41, 5.74) is 3.39. The average molecular weight is 653 g/mol. The van der Waals surface area contributed by atoms with E-state index in [9.17, 15) is 28.8 Å². The van der Waals surface area contributed by atoms with Crippen molar-refractivity contribution in [2.24, 2.45) is 11.8 Å². The number of nitrogens with one attached hydrogen (secondary N) is 1. The van der Waals surface area contributed by atoms with Crippen molar-refractivity contribution in [2.45, 2.75) is 53.4 Å². The van der Waals surface area contributed by atoms with Gasteiger partial charge in [-0.15, -0.1) is 0 Å². The Bertz CT molecular complexity index is 1560. The summed E-state index contributed by atoms with van der Waals surface area (Å²) in [5, 5.41) is 13.3. The highest BCUT2D eigenvalue weighted by Crippen LogP contribution is 2.53. The molecule has 1 heterocycles. The van der Waals surface area contributed by atoms with Crippen molar-refractivity contribution in [3.05, 3.63) is 70.8 Å². The predicted molar refractivity (Wildman–Crippen MR) is 166 cm³/mol. The fourth-order valence-corrected chi connectivity index (χ4v) is 5.30. The molecule has 0 fully saturated rings. The van der Waals surface area contributed by atoms with E-state index in [0.29, 0.717) is 0 Å². The molecule has 1 aliphatic heterocycles. The van der Waals surface area contributed by atoms with Crippen molar-refractivity contribution in [3.63, 3.8) is 0 Å². The molecule has 0 saturated carbocycles. The van der Waals surface area contributed by atoms with Gasteiger partial charge in [-0.2, -0.15) is 9.25 Å². The minimum absolute atomic E-state index is 0.00175. The second kappa shape index (κ2) is 15.0. The molecule has 3 rings (SSSR count). The lowest BCUT2D eigenvalue weighted by molar-refractivity contribution is 0.0990. The van der Waals surface area contributed by atoms with Gasteiger partial charge in [-0.05, 0) is 65.5 Å². The van der Waals surface area contributed by atoms with E-state index >= 15 is 0 Å². The number of aromatic hydroxyl groups is 1. The number of fused-ring (bicyclic) bond motifs is 2. The van der Waals surface area contributed by atoms with E-state index in [1.807, 2.05) is 13.0 Å². The fourth-order valence-electron chi connectivity index (χ4n) is 4.37. The first-order valence-electron chi connectivity index (χ1n) is 13.5. The Hall–Kier alpha value is -3.45. The molecule has 0 saturated heterocycles. The first kappa shape index (κ1) is 35.0. The molecule has 240 valence electrons. The summed E-state index contributed by atoms with van der Waals surface area (Å²) in [6.45, 7) is 8.18. The van der Waals surface area contributed by atoms with E-state index in [0.717, 1.165) is 37.3 Å². The maximum absolute atomic E-state index is 14.0. The Labute approximate surface area is 255 Å². The molecule has 8 N–H and O–H groups in total. The van der Waals surface area contributed by atoms with E-state index in [2.05, 4.69) is 47.5 Å². The van der Waals surface area contributed by atoms with Crippen LogP contribution in [0.15, 0.2) is 65.3 Å². The Morgan fingerprint density at radius 3 is 2.16 bits per heavy atom. The van der Waals surface area contributed by atoms with Crippen molar-refractivity contribution in [2.75, 3.05) is 16.8 Å². The van der Waals surface area contributed by atoms with Crippen LogP contribution in [0.4, 0.5) is 17.1 Å². The molecule has 16 heteroatoms. The number of hydrogen-bond acceptors (Lipinski definition) is 11. The normalized spacial score (nSPS) is 13.9. The van der Waals surface area contributed by atoms with Crippen LogP contribution in [-0.2, 0) is 18.4 Å². The van der Waals surface area contributed by atoms with E-state index < -0.39 is 33.1 Å². The minimum Gasteiger partial charge on any atom is -0.508 e. The highest BCUT2D eigenvalue weighted by Gasteiger charge is 2.35. The number of phenolic OH excluding ortho intramolecular Hbond substituents is 1. The van der Waals surface area contributed by atoms with Crippen molar-refractivity contribution in [1.82, 2.24) is 0 Å². The molecular formula is C28H38N4O10P2. The summed E-state index contributed by atoms with van der Waals surface area (Å²) >= 11 is 0. The number of amides is 1. The Kier molecular flexibility index (Phi) is 12.0. The summed E-state index contributed by atoms with van der Waals surface area (Å²) < 4.78 is 43.0. The zero-order valence-corrected chi connectivity index (χ0v) is 26.6. The van der Waals surface area contributed by atoms with Gasteiger partial charge in [0.15, 0.2) is 11.5 Å².